The maximum absolute atomic E-state index is 9.46. The molecule has 1 fully saturated rings. The summed E-state index contributed by atoms with van der Waals surface area (Å²) in [6, 6.07) is 6.29. The number of aliphatic hydroxyl groups is 1. The Kier molecular flexibility index (Phi) is 3.28. The third kappa shape index (κ3) is 2.12. The fourth-order valence-electron chi connectivity index (χ4n) is 2.74. The highest BCUT2D eigenvalue weighted by atomic mass is 16.6. The smallest absolute Gasteiger partial charge is 0.163 e. The van der Waals surface area contributed by atoms with Gasteiger partial charge in [-0.3, -0.25) is 0 Å². The van der Waals surface area contributed by atoms with Gasteiger partial charge in [-0.25, -0.2) is 0 Å². The highest BCUT2D eigenvalue weighted by molar-refractivity contribution is 5.57. The van der Waals surface area contributed by atoms with E-state index < -0.39 is 0 Å². The molecular weight excluding hydrogens is 230 g/mol. The molecule has 0 saturated carbocycles. The van der Waals surface area contributed by atoms with Crippen molar-refractivity contribution < 1.29 is 14.6 Å². The predicted molar refractivity (Wildman–Crippen MR) is 69.5 cm³/mol. The second kappa shape index (κ2) is 5.06. The summed E-state index contributed by atoms with van der Waals surface area (Å²) in [4.78, 5) is 2.28. The summed E-state index contributed by atoms with van der Waals surface area (Å²) in [5.41, 5.74) is 1.12. The lowest BCUT2D eigenvalue weighted by Crippen LogP contribution is -2.41. The molecule has 4 heteroatoms. The van der Waals surface area contributed by atoms with Crippen LogP contribution in [-0.2, 0) is 0 Å². The van der Waals surface area contributed by atoms with Gasteiger partial charge in [-0.1, -0.05) is 0 Å². The van der Waals surface area contributed by atoms with E-state index in [1.54, 1.807) is 0 Å². The number of hydrogen-bond acceptors (Lipinski definition) is 4. The van der Waals surface area contributed by atoms with Gasteiger partial charge in [0, 0.05) is 18.3 Å². The minimum Gasteiger partial charge on any atom is -0.486 e. The molecule has 1 aromatic rings. The molecule has 3 rings (SSSR count). The molecule has 0 amide bonds. The summed E-state index contributed by atoms with van der Waals surface area (Å²) < 4.78 is 11.1. The minimum absolute atomic E-state index is 0.217. The highest BCUT2D eigenvalue weighted by Gasteiger charge is 2.23. The van der Waals surface area contributed by atoms with E-state index in [-0.39, 0.29) is 12.6 Å². The van der Waals surface area contributed by atoms with Gasteiger partial charge in [-0.2, -0.15) is 0 Å². The summed E-state index contributed by atoms with van der Waals surface area (Å²) in [6.45, 7) is 2.45. The van der Waals surface area contributed by atoms with Gasteiger partial charge in [-0.05, 0) is 31.4 Å². The first-order valence-corrected chi connectivity index (χ1v) is 6.65. The van der Waals surface area contributed by atoms with Gasteiger partial charge in [0.05, 0.1) is 12.6 Å². The van der Waals surface area contributed by atoms with Gasteiger partial charge < -0.3 is 19.5 Å². The van der Waals surface area contributed by atoms with Crippen molar-refractivity contribution in [1.29, 1.82) is 0 Å². The van der Waals surface area contributed by atoms with E-state index in [2.05, 4.69) is 11.0 Å². The van der Waals surface area contributed by atoms with Crippen molar-refractivity contribution in [3.63, 3.8) is 0 Å². The van der Waals surface area contributed by atoms with Gasteiger partial charge >= 0.3 is 0 Å². The molecule has 0 spiro atoms. The van der Waals surface area contributed by atoms with Crippen molar-refractivity contribution in [3.05, 3.63) is 18.2 Å². The van der Waals surface area contributed by atoms with Crippen LogP contribution in [0.25, 0.3) is 0 Å². The highest BCUT2D eigenvalue weighted by Crippen LogP contribution is 2.35. The first kappa shape index (κ1) is 11.7. The first-order valence-electron chi connectivity index (χ1n) is 6.65. The average molecular weight is 249 g/mol. The molecule has 1 aromatic carbocycles. The number of fused-ring (bicyclic) bond motifs is 1. The zero-order valence-corrected chi connectivity index (χ0v) is 10.5. The maximum Gasteiger partial charge on any atom is 0.163 e. The van der Waals surface area contributed by atoms with E-state index in [0.717, 1.165) is 30.2 Å². The van der Waals surface area contributed by atoms with Gasteiger partial charge in [0.15, 0.2) is 11.5 Å². The fraction of sp³-hybridized carbons (Fsp3) is 0.571. The minimum atomic E-state index is 0.217. The van der Waals surface area contributed by atoms with Gasteiger partial charge in [-0.15, -0.1) is 0 Å². The second-order valence-corrected chi connectivity index (χ2v) is 4.85. The number of anilines is 1. The molecule has 0 radical (unpaired) electrons. The van der Waals surface area contributed by atoms with E-state index in [4.69, 9.17) is 9.47 Å². The monoisotopic (exact) mass is 249 g/mol. The van der Waals surface area contributed by atoms with E-state index in [0.29, 0.717) is 13.2 Å². The molecule has 0 aliphatic carbocycles. The lowest BCUT2D eigenvalue weighted by Gasteiger charge is -2.37. The van der Waals surface area contributed by atoms with Crippen molar-refractivity contribution in [1.82, 2.24) is 0 Å². The van der Waals surface area contributed by atoms with Crippen LogP contribution in [0.4, 0.5) is 5.69 Å². The Balaban J connectivity index is 1.86. The normalized spacial score (nSPS) is 22.9. The van der Waals surface area contributed by atoms with E-state index in [9.17, 15) is 5.11 Å². The molecule has 18 heavy (non-hydrogen) atoms. The molecule has 2 aliphatic heterocycles. The van der Waals surface area contributed by atoms with E-state index in [1.807, 2.05) is 12.1 Å². The topological polar surface area (TPSA) is 41.9 Å². The molecule has 1 atom stereocenters. The third-order valence-corrected chi connectivity index (χ3v) is 3.70. The van der Waals surface area contributed by atoms with Crippen LogP contribution in [0.5, 0.6) is 11.5 Å². The van der Waals surface area contributed by atoms with Crippen molar-refractivity contribution in [2.75, 3.05) is 31.3 Å². The largest absolute Gasteiger partial charge is 0.486 e. The lowest BCUT2D eigenvalue weighted by molar-refractivity contribution is 0.171. The predicted octanol–water partition coefficient (Wildman–Crippen LogP) is 1.81. The molecule has 0 aromatic heterocycles. The Morgan fingerprint density at radius 1 is 1.17 bits per heavy atom. The number of aliphatic hydroxyl groups excluding tert-OH is 1. The number of hydrogen-bond donors (Lipinski definition) is 1. The molecule has 1 unspecified atom stereocenters. The molecule has 1 N–H and O–H groups in total. The molecule has 1 saturated heterocycles. The SMILES string of the molecule is OCC1CCCCN1c1ccc2c(c1)OCCO2. The molecule has 2 aliphatic rings. The van der Waals surface area contributed by atoms with Crippen LogP contribution in [-0.4, -0.2) is 37.5 Å². The van der Waals surface area contributed by atoms with Crippen LogP contribution in [0.1, 0.15) is 19.3 Å². The summed E-state index contributed by atoms with van der Waals surface area (Å²) in [6.07, 6.45) is 3.45. The first-order chi connectivity index (χ1) is 8.88. The van der Waals surface area contributed by atoms with Crippen LogP contribution in [0, 0.1) is 0 Å². The Hall–Kier alpha value is -1.42. The van der Waals surface area contributed by atoms with E-state index in [1.165, 1.54) is 12.8 Å². The van der Waals surface area contributed by atoms with Gasteiger partial charge in [0.2, 0.25) is 0 Å². The van der Waals surface area contributed by atoms with Crippen LogP contribution < -0.4 is 14.4 Å². The standard InChI is InChI=1S/C14H19NO3/c16-10-12-3-1-2-6-15(12)11-4-5-13-14(9-11)18-8-7-17-13/h4-5,9,12,16H,1-3,6-8,10H2. The zero-order valence-electron chi connectivity index (χ0n) is 10.5. The number of rotatable bonds is 2. The van der Waals surface area contributed by atoms with Crippen molar-refractivity contribution in [3.8, 4) is 11.5 Å². The number of nitrogens with zero attached hydrogens (tertiary/aromatic N) is 1. The summed E-state index contributed by atoms with van der Waals surface area (Å²) in [5, 5.41) is 9.46. The Morgan fingerprint density at radius 2 is 2.00 bits per heavy atom. The van der Waals surface area contributed by atoms with Gasteiger partial charge in [0.25, 0.3) is 0 Å². The number of ether oxygens (including phenoxy) is 2. The summed E-state index contributed by atoms with van der Waals surface area (Å²) >= 11 is 0. The molecule has 4 nitrogen and oxygen atoms in total. The van der Waals surface area contributed by atoms with Crippen LogP contribution in [0.3, 0.4) is 0 Å². The number of piperidine rings is 1. The maximum atomic E-state index is 9.46. The molecule has 2 heterocycles. The second-order valence-electron chi connectivity index (χ2n) is 4.85. The van der Waals surface area contributed by atoms with Crippen molar-refractivity contribution in [2.45, 2.75) is 25.3 Å². The Morgan fingerprint density at radius 3 is 2.83 bits per heavy atom. The van der Waals surface area contributed by atoms with Crippen molar-refractivity contribution >= 4 is 5.69 Å². The molecule has 98 valence electrons. The Bertz CT molecular complexity index is 422. The Labute approximate surface area is 107 Å². The summed E-state index contributed by atoms with van der Waals surface area (Å²) in [7, 11) is 0. The third-order valence-electron chi connectivity index (χ3n) is 3.70. The number of benzene rings is 1. The fourth-order valence-corrected chi connectivity index (χ4v) is 2.74. The van der Waals surface area contributed by atoms with Crippen LogP contribution in [0.2, 0.25) is 0 Å². The zero-order chi connectivity index (χ0) is 12.4. The van der Waals surface area contributed by atoms with Crippen LogP contribution in [0.15, 0.2) is 18.2 Å². The summed E-state index contributed by atoms with van der Waals surface area (Å²) in [5.74, 6) is 1.64. The molecule has 0 bridgehead atoms. The quantitative estimate of drug-likeness (QED) is 0.868. The average Bonchev–Trinajstić information content (AvgIpc) is 2.46. The van der Waals surface area contributed by atoms with E-state index >= 15 is 0 Å². The van der Waals surface area contributed by atoms with Gasteiger partial charge in [0.1, 0.15) is 13.2 Å². The van der Waals surface area contributed by atoms with Crippen molar-refractivity contribution in [2.24, 2.45) is 0 Å². The molecular formula is C14H19NO3. The lowest BCUT2D eigenvalue weighted by atomic mass is 10.0. The van der Waals surface area contributed by atoms with Crippen LogP contribution >= 0.6 is 0 Å².